The summed E-state index contributed by atoms with van der Waals surface area (Å²) in [5, 5.41) is 9.90. The van der Waals surface area contributed by atoms with E-state index in [1.807, 2.05) is 0 Å². The standard InChI is InChI=1S/C4H9O2/c1-3-6-4(2)5/h4H,3H2,1-2H3/q-1. The van der Waals surface area contributed by atoms with Gasteiger partial charge < -0.3 is 9.84 Å². The van der Waals surface area contributed by atoms with Gasteiger partial charge in [0.2, 0.25) is 0 Å². The van der Waals surface area contributed by atoms with Gasteiger partial charge in [0.15, 0.2) is 0 Å². The molecule has 0 aliphatic rings. The van der Waals surface area contributed by atoms with Crippen LogP contribution in [0.3, 0.4) is 0 Å². The third-order valence-electron chi connectivity index (χ3n) is 0.401. The molecule has 0 spiro atoms. The van der Waals surface area contributed by atoms with E-state index in [4.69, 9.17) is 0 Å². The summed E-state index contributed by atoms with van der Waals surface area (Å²) in [4.78, 5) is 0. The smallest absolute Gasteiger partial charge is 0.0423 e. The van der Waals surface area contributed by atoms with Gasteiger partial charge in [0, 0.05) is 6.61 Å². The molecule has 1 atom stereocenters. The Bertz CT molecular complexity index is 26.7. The largest absolute Gasteiger partial charge is 0.831 e. The third kappa shape index (κ3) is 3.92. The molecule has 0 N–H and O–H groups in total. The molecule has 2 nitrogen and oxygen atoms in total. The van der Waals surface area contributed by atoms with Gasteiger partial charge in [0.1, 0.15) is 0 Å². The van der Waals surface area contributed by atoms with E-state index in [1.54, 1.807) is 6.92 Å². The van der Waals surface area contributed by atoms with Gasteiger partial charge in [-0.25, -0.2) is 0 Å². The molecule has 0 heterocycles. The highest BCUT2D eigenvalue weighted by Crippen LogP contribution is 1.73. The maximum absolute atomic E-state index is 9.90. The van der Waals surface area contributed by atoms with Crippen LogP contribution in [0.1, 0.15) is 13.8 Å². The lowest BCUT2D eigenvalue weighted by Gasteiger charge is -2.14. The van der Waals surface area contributed by atoms with Crippen LogP contribution in [0.5, 0.6) is 0 Å². The molecule has 0 aromatic carbocycles. The van der Waals surface area contributed by atoms with E-state index in [2.05, 4.69) is 4.74 Å². The molecule has 0 aromatic rings. The highest BCUT2D eigenvalue weighted by molar-refractivity contribution is 4.15. The second kappa shape index (κ2) is 3.12. The van der Waals surface area contributed by atoms with Crippen LogP contribution in [0.15, 0.2) is 0 Å². The quantitative estimate of drug-likeness (QED) is 0.436. The second-order valence-corrected chi connectivity index (χ2v) is 1.02. The lowest BCUT2D eigenvalue weighted by Crippen LogP contribution is -2.23. The molecule has 0 bridgehead atoms. The average molecular weight is 89.1 g/mol. The predicted octanol–water partition coefficient (Wildman–Crippen LogP) is -0.271. The summed E-state index contributed by atoms with van der Waals surface area (Å²) in [6.45, 7) is 3.79. The molecule has 0 saturated heterocycles. The summed E-state index contributed by atoms with van der Waals surface area (Å²) in [6.07, 6.45) is -0.852. The Morgan fingerprint density at radius 1 is 1.83 bits per heavy atom. The number of rotatable bonds is 2. The van der Waals surface area contributed by atoms with Crippen LogP contribution in [0.2, 0.25) is 0 Å². The first-order valence-corrected chi connectivity index (χ1v) is 2.04. The summed E-state index contributed by atoms with van der Waals surface area (Å²) >= 11 is 0. The Hall–Kier alpha value is -0.0800. The van der Waals surface area contributed by atoms with Crippen molar-refractivity contribution in [3.8, 4) is 0 Å². The molecule has 38 valence electrons. The fourth-order valence-corrected chi connectivity index (χ4v) is 0.235. The van der Waals surface area contributed by atoms with E-state index in [9.17, 15) is 5.11 Å². The van der Waals surface area contributed by atoms with Crippen molar-refractivity contribution in [3.63, 3.8) is 0 Å². The van der Waals surface area contributed by atoms with Crippen molar-refractivity contribution in [1.82, 2.24) is 0 Å². The van der Waals surface area contributed by atoms with Crippen molar-refractivity contribution in [3.05, 3.63) is 0 Å². The lowest BCUT2D eigenvalue weighted by atomic mass is 10.7. The molecule has 2 heteroatoms. The van der Waals surface area contributed by atoms with Gasteiger partial charge in [-0.2, -0.15) is 0 Å². The van der Waals surface area contributed by atoms with Crippen molar-refractivity contribution in [2.24, 2.45) is 0 Å². The van der Waals surface area contributed by atoms with E-state index >= 15 is 0 Å². The maximum Gasteiger partial charge on any atom is 0.0423 e. The SMILES string of the molecule is CCOC(C)[O-]. The zero-order valence-electron chi connectivity index (χ0n) is 4.10. The van der Waals surface area contributed by atoms with Crippen molar-refractivity contribution in [1.29, 1.82) is 0 Å². The first-order valence-electron chi connectivity index (χ1n) is 2.04. The minimum absolute atomic E-state index is 0.519. The van der Waals surface area contributed by atoms with Crippen LogP contribution >= 0.6 is 0 Å². The first kappa shape index (κ1) is 5.92. The van der Waals surface area contributed by atoms with Crippen molar-refractivity contribution >= 4 is 0 Å². The fraction of sp³-hybridized carbons (Fsp3) is 1.00. The molecule has 1 unspecified atom stereocenters. The molecular formula is C4H9O2-. The number of hydrogen-bond acceptors (Lipinski definition) is 2. The Morgan fingerprint density at radius 3 is 2.33 bits per heavy atom. The minimum atomic E-state index is -0.852. The molecule has 0 radical (unpaired) electrons. The van der Waals surface area contributed by atoms with Gasteiger partial charge >= 0.3 is 0 Å². The van der Waals surface area contributed by atoms with Gasteiger partial charge in [-0.15, -0.1) is 0 Å². The third-order valence-corrected chi connectivity index (χ3v) is 0.401. The van der Waals surface area contributed by atoms with Crippen molar-refractivity contribution in [2.45, 2.75) is 20.1 Å². The van der Waals surface area contributed by atoms with Crippen LogP contribution in [0.25, 0.3) is 0 Å². The van der Waals surface area contributed by atoms with Gasteiger partial charge in [-0.3, -0.25) is 0 Å². The molecule has 0 aliphatic heterocycles. The molecule has 6 heavy (non-hydrogen) atoms. The molecule has 0 saturated carbocycles. The lowest BCUT2D eigenvalue weighted by molar-refractivity contribution is -0.484. The minimum Gasteiger partial charge on any atom is -0.831 e. The maximum atomic E-state index is 9.90. The van der Waals surface area contributed by atoms with Crippen LogP contribution in [-0.2, 0) is 4.74 Å². The summed E-state index contributed by atoms with van der Waals surface area (Å²) < 4.78 is 4.49. The van der Waals surface area contributed by atoms with E-state index < -0.39 is 6.29 Å². The fourth-order valence-electron chi connectivity index (χ4n) is 0.235. The Balaban J connectivity index is 2.63. The Kier molecular flexibility index (Phi) is 3.08. The zero-order chi connectivity index (χ0) is 4.99. The van der Waals surface area contributed by atoms with Crippen LogP contribution < -0.4 is 5.11 Å². The van der Waals surface area contributed by atoms with Gasteiger partial charge in [0.05, 0.1) is 0 Å². The highest BCUT2D eigenvalue weighted by atomic mass is 16.6. The van der Waals surface area contributed by atoms with Crippen LogP contribution in [0.4, 0.5) is 0 Å². The Morgan fingerprint density at radius 2 is 2.33 bits per heavy atom. The summed E-state index contributed by atoms with van der Waals surface area (Å²) in [5.41, 5.74) is 0. The van der Waals surface area contributed by atoms with Gasteiger partial charge in [-0.1, -0.05) is 6.92 Å². The summed E-state index contributed by atoms with van der Waals surface area (Å²) in [7, 11) is 0. The van der Waals surface area contributed by atoms with Crippen molar-refractivity contribution in [2.75, 3.05) is 6.61 Å². The second-order valence-electron chi connectivity index (χ2n) is 1.02. The number of ether oxygens (including phenoxy) is 1. The molecular weight excluding hydrogens is 80.0 g/mol. The topological polar surface area (TPSA) is 32.3 Å². The average Bonchev–Trinajstić information content (AvgIpc) is 1.35. The normalized spacial score (nSPS) is 14.5. The first-order chi connectivity index (χ1) is 2.77. The summed E-state index contributed by atoms with van der Waals surface area (Å²) in [6, 6.07) is 0. The molecule has 0 rings (SSSR count). The van der Waals surface area contributed by atoms with E-state index in [1.165, 1.54) is 6.92 Å². The van der Waals surface area contributed by atoms with E-state index in [0.29, 0.717) is 6.61 Å². The zero-order valence-corrected chi connectivity index (χ0v) is 4.10. The van der Waals surface area contributed by atoms with Crippen LogP contribution in [0, 0.1) is 0 Å². The van der Waals surface area contributed by atoms with Crippen molar-refractivity contribution < 1.29 is 9.84 Å². The molecule has 0 amide bonds. The number of hydrogen-bond donors (Lipinski definition) is 0. The summed E-state index contributed by atoms with van der Waals surface area (Å²) in [5.74, 6) is 0. The van der Waals surface area contributed by atoms with Gasteiger partial charge in [-0.05, 0) is 13.2 Å². The van der Waals surface area contributed by atoms with E-state index in [0.717, 1.165) is 0 Å². The highest BCUT2D eigenvalue weighted by Gasteiger charge is 1.74. The molecule has 0 fully saturated rings. The molecule has 0 aliphatic carbocycles. The Labute approximate surface area is 37.7 Å². The monoisotopic (exact) mass is 89.1 g/mol. The van der Waals surface area contributed by atoms with E-state index in [-0.39, 0.29) is 0 Å². The predicted molar refractivity (Wildman–Crippen MR) is 21.1 cm³/mol. The van der Waals surface area contributed by atoms with Gasteiger partial charge in [0.25, 0.3) is 0 Å². The molecule has 0 aromatic heterocycles. The van der Waals surface area contributed by atoms with Crippen LogP contribution in [-0.4, -0.2) is 12.9 Å².